The van der Waals surface area contributed by atoms with E-state index in [1.165, 1.54) is 0 Å². The summed E-state index contributed by atoms with van der Waals surface area (Å²) in [6.45, 7) is -0.340. The van der Waals surface area contributed by atoms with Crippen LogP contribution in [0.1, 0.15) is 0 Å². The number of nitrogens with one attached hydrogen (secondary N) is 2. The first-order valence-corrected chi connectivity index (χ1v) is 2.55. The molecule has 0 aromatic carbocycles. The van der Waals surface area contributed by atoms with Gasteiger partial charge in [0.15, 0.2) is 0 Å². The van der Waals surface area contributed by atoms with E-state index < -0.39 is 11.9 Å². The van der Waals surface area contributed by atoms with Crippen molar-refractivity contribution < 1.29 is 9.90 Å². The fourth-order valence-electron chi connectivity index (χ4n) is 0.299. The lowest BCUT2D eigenvalue weighted by atomic mass is 10.3. The second-order valence-electron chi connectivity index (χ2n) is 1.53. The normalized spacial score (nSPS) is 12.8. The standard InChI is InChI=1S/C4H11N3O2/c1-6-7-4(9)3(5)2-8/h3,6,8H,2,5H2,1H3,(H,7,9). The molecule has 0 radical (unpaired) electrons. The third-order valence-electron chi connectivity index (χ3n) is 0.782. The van der Waals surface area contributed by atoms with Crippen LogP contribution in [0.25, 0.3) is 0 Å². The number of rotatable bonds is 3. The SMILES string of the molecule is CNNC(=O)C(N)CO. The molecule has 1 amide bonds. The van der Waals surface area contributed by atoms with E-state index in [0.717, 1.165) is 0 Å². The highest BCUT2D eigenvalue weighted by molar-refractivity contribution is 5.80. The van der Waals surface area contributed by atoms with Crippen LogP contribution in [0.2, 0.25) is 0 Å². The fraction of sp³-hybridized carbons (Fsp3) is 0.750. The molecule has 9 heavy (non-hydrogen) atoms. The number of amides is 1. The Morgan fingerprint density at radius 3 is 2.78 bits per heavy atom. The molecule has 0 aliphatic carbocycles. The smallest absolute Gasteiger partial charge is 0.253 e. The molecular weight excluding hydrogens is 122 g/mol. The minimum Gasteiger partial charge on any atom is -0.394 e. The van der Waals surface area contributed by atoms with Gasteiger partial charge in [-0.15, -0.1) is 0 Å². The minimum absolute atomic E-state index is 0.340. The molecule has 0 aromatic rings. The molecule has 1 atom stereocenters. The lowest BCUT2D eigenvalue weighted by Crippen LogP contribution is -2.47. The summed E-state index contributed by atoms with van der Waals surface area (Å²) < 4.78 is 0. The number of hydrazine groups is 1. The second-order valence-corrected chi connectivity index (χ2v) is 1.53. The highest BCUT2D eigenvalue weighted by Crippen LogP contribution is 1.71. The highest BCUT2D eigenvalue weighted by atomic mass is 16.3. The Hall–Kier alpha value is -0.650. The second kappa shape index (κ2) is 4.25. The molecule has 54 valence electrons. The van der Waals surface area contributed by atoms with E-state index in [4.69, 9.17) is 10.8 Å². The van der Waals surface area contributed by atoms with E-state index in [1.807, 2.05) is 0 Å². The van der Waals surface area contributed by atoms with Crippen molar-refractivity contribution in [1.29, 1.82) is 0 Å². The molecule has 0 bridgehead atoms. The molecule has 0 fully saturated rings. The summed E-state index contributed by atoms with van der Waals surface area (Å²) in [6.07, 6.45) is 0. The third-order valence-corrected chi connectivity index (χ3v) is 0.782. The molecule has 5 nitrogen and oxygen atoms in total. The predicted octanol–water partition coefficient (Wildman–Crippen LogP) is -2.44. The highest BCUT2D eigenvalue weighted by Gasteiger charge is 2.09. The van der Waals surface area contributed by atoms with E-state index in [9.17, 15) is 4.79 Å². The van der Waals surface area contributed by atoms with Crippen molar-refractivity contribution in [3.05, 3.63) is 0 Å². The van der Waals surface area contributed by atoms with Gasteiger partial charge in [0, 0.05) is 7.05 Å². The van der Waals surface area contributed by atoms with Crippen molar-refractivity contribution in [2.45, 2.75) is 6.04 Å². The van der Waals surface area contributed by atoms with Gasteiger partial charge >= 0.3 is 0 Å². The number of aliphatic hydroxyl groups excluding tert-OH is 1. The predicted molar refractivity (Wildman–Crippen MR) is 32.3 cm³/mol. The summed E-state index contributed by atoms with van der Waals surface area (Å²) >= 11 is 0. The van der Waals surface area contributed by atoms with Crippen LogP contribution in [0.4, 0.5) is 0 Å². The maximum Gasteiger partial charge on any atom is 0.253 e. The maximum atomic E-state index is 10.5. The fourth-order valence-corrected chi connectivity index (χ4v) is 0.299. The van der Waals surface area contributed by atoms with Crippen molar-refractivity contribution in [1.82, 2.24) is 10.9 Å². The van der Waals surface area contributed by atoms with Crippen molar-refractivity contribution in [3.63, 3.8) is 0 Å². The number of nitrogens with two attached hydrogens (primary N) is 1. The summed E-state index contributed by atoms with van der Waals surface area (Å²) in [5.74, 6) is -0.417. The van der Waals surface area contributed by atoms with Crippen molar-refractivity contribution >= 4 is 5.91 Å². The van der Waals surface area contributed by atoms with Gasteiger partial charge in [-0.25, -0.2) is 5.43 Å². The van der Waals surface area contributed by atoms with Gasteiger partial charge in [0.05, 0.1) is 6.61 Å². The lowest BCUT2D eigenvalue weighted by Gasteiger charge is -2.06. The van der Waals surface area contributed by atoms with Gasteiger partial charge in [-0.3, -0.25) is 10.2 Å². The first-order chi connectivity index (χ1) is 4.22. The van der Waals surface area contributed by atoms with Crippen molar-refractivity contribution in [3.8, 4) is 0 Å². The number of hydrogen-bond donors (Lipinski definition) is 4. The Kier molecular flexibility index (Phi) is 3.94. The Morgan fingerprint density at radius 2 is 2.44 bits per heavy atom. The third kappa shape index (κ3) is 3.02. The molecule has 0 aliphatic heterocycles. The topological polar surface area (TPSA) is 87.4 Å². The quantitative estimate of drug-likeness (QED) is 0.322. The van der Waals surface area contributed by atoms with Crippen LogP contribution in [-0.4, -0.2) is 30.7 Å². The van der Waals surface area contributed by atoms with Crippen molar-refractivity contribution in [2.24, 2.45) is 5.73 Å². The number of carbonyl (C=O) groups is 1. The van der Waals surface area contributed by atoms with Crippen molar-refractivity contribution in [2.75, 3.05) is 13.7 Å². The molecule has 1 unspecified atom stereocenters. The Bertz CT molecular complexity index is 95.8. The average molecular weight is 133 g/mol. The summed E-state index contributed by atoms with van der Waals surface area (Å²) in [4.78, 5) is 10.5. The van der Waals surface area contributed by atoms with Gasteiger partial charge in [-0.1, -0.05) is 0 Å². The Labute approximate surface area is 53.2 Å². The van der Waals surface area contributed by atoms with Crippen LogP contribution in [0, 0.1) is 0 Å². The van der Waals surface area contributed by atoms with E-state index in [-0.39, 0.29) is 6.61 Å². The molecule has 5 heteroatoms. The maximum absolute atomic E-state index is 10.5. The van der Waals surface area contributed by atoms with Gasteiger partial charge in [-0.2, -0.15) is 0 Å². The zero-order valence-electron chi connectivity index (χ0n) is 5.22. The molecule has 0 aromatic heterocycles. The van der Waals surface area contributed by atoms with Gasteiger partial charge in [0.2, 0.25) is 0 Å². The molecule has 0 spiro atoms. The van der Waals surface area contributed by atoms with E-state index in [1.54, 1.807) is 7.05 Å². The summed E-state index contributed by atoms with van der Waals surface area (Å²) in [5, 5.41) is 8.32. The number of hydrogen-bond acceptors (Lipinski definition) is 4. The van der Waals surface area contributed by atoms with E-state index in [0.29, 0.717) is 0 Å². The van der Waals surface area contributed by atoms with E-state index >= 15 is 0 Å². The van der Waals surface area contributed by atoms with Crippen LogP contribution in [-0.2, 0) is 4.79 Å². The molecule has 0 saturated carbocycles. The average Bonchev–Trinajstić information content (AvgIpc) is 1.87. The lowest BCUT2D eigenvalue weighted by molar-refractivity contribution is -0.123. The summed E-state index contributed by atoms with van der Waals surface area (Å²) in [5.41, 5.74) is 9.71. The first-order valence-electron chi connectivity index (χ1n) is 2.55. The Balaban J connectivity index is 3.46. The van der Waals surface area contributed by atoms with Gasteiger partial charge < -0.3 is 10.8 Å². The first kappa shape index (κ1) is 8.35. The largest absolute Gasteiger partial charge is 0.394 e. The molecule has 0 saturated heterocycles. The molecule has 0 heterocycles. The molecule has 0 aliphatic rings. The van der Waals surface area contributed by atoms with Gasteiger partial charge in [-0.05, 0) is 0 Å². The van der Waals surface area contributed by atoms with Crippen LogP contribution in [0.15, 0.2) is 0 Å². The summed E-state index contributed by atoms with van der Waals surface area (Å²) in [7, 11) is 1.54. The van der Waals surface area contributed by atoms with Crippen LogP contribution in [0.5, 0.6) is 0 Å². The zero-order valence-corrected chi connectivity index (χ0v) is 5.22. The molecule has 0 rings (SSSR count). The minimum atomic E-state index is -0.836. The van der Waals surface area contributed by atoms with Crippen LogP contribution < -0.4 is 16.6 Å². The molecule has 5 N–H and O–H groups in total. The number of carbonyl (C=O) groups excluding carboxylic acids is 1. The van der Waals surface area contributed by atoms with E-state index in [2.05, 4.69) is 10.9 Å². The van der Waals surface area contributed by atoms with Gasteiger partial charge in [0.1, 0.15) is 6.04 Å². The summed E-state index contributed by atoms with van der Waals surface area (Å²) in [6, 6.07) is -0.836. The van der Waals surface area contributed by atoms with Crippen LogP contribution >= 0.6 is 0 Å². The monoisotopic (exact) mass is 133 g/mol. The zero-order chi connectivity index (χ0) is 7.28. The molecular formula is C4H11N3O2. The van der Waals surface area contributed by atoms with Crippen LogP contribution in [0.3, 0.4) is 0 Å². The van der Waals surface area contributed by atoms with Gasteiger partial charge in [0.25, 0.3) is 5.91 Å². The number of aliphatic hydroxyl groups is 1. The Morgan fingerprint density at radius 1 is 1.89 bits per heavy atom.